The second-order valence-electron chi connectivity index (χ2n) is 14.2. The number of ether oxygens (including phenoxy) is 4. The summed E-state index contributed by atoms with van der Waals surface area (Å²) in [5.74, 6) is -4.87. The molecule has 1 saturated carbocycles. The van der Waals surface area contributed by atoms with Crippen molar-refractivity contribution in [1.82, 2.24) is 20.2 Å². The molecule has 0 radical (unpaired) electrons. The van der Waals surface area contributed by atoms with Gasteiger partial charge in [0.05, 0.1) is 35.6 Å². The molecule has 4 aliphatic rings. The molecule has 1 aliphatic carbocycles. The summed E-state index contributed by atoms with van der Waals surface area (Å²) in [7, 11) is 0. The number of alkyl halides is 2. The van der Waals surface area contributed by atoms with Gasteiger partial charge in [-0.15, -0.1) is 0 Å². The molecule has 0 unspecified atom stereocenters. The maximum Gasteiger partial charge on any atom is 0.408 e. The topological polar surface area (TPSA) is 146 Å². The summed E-state index contributed by atoms with van der Waals surface area (Å²) < 4.78 is 52.3. The molecule has 0 spiro atoms. The maximum absolute atomic E-state index is 15.0. The highest BCUT2D eigenvalue weighted by molar-refractivity contribution is 5.96. The predicted molar refractivity (Wildman–Crippen MR) is 187 cm³/mol. The van der Waals surface area contributed by atoms with E-state index >= 15 is 0 Å². The molecule has 12 nitrogen and oxygen atoms in total. The van der Waals surface area contributed by atoms with Crippen LogP contribution in [0.3, 0.4) is 0 Å². The molecule has 3 aliphatic heterocycles. The first kappa shape index (κ1) is 36.2. The highest BCUT2D eigenvalue weighted by Crippen LogP contribution is 2.57. The zero-order valence-electron chi connectivity index (χ0n) is 29.4. The Bertz CT molecular complexity index is 1920. The van der Waals surface area contributed by atoms with Gasteiger partial charge in [0.2, 0.25) is 11.8 Å². The molecule has 2 amide bonds. The van der Waals surface area contributed by atoms with Crippen LogP contribution in [0, 0.1) is 11.3 Å². The number of halogens is 2. The lowest BCUT2D eigenvalue weighted by molar-refractivity contribution is -0.152. The summed E-state index contributed by atoms with van der Waals surface area (Å²) in [6.07, 6.45) is 5.38. The normalized spacial score (nSPS) is 28.3. The van der Waals surface area contributed by atoms with Crippen molar-refractivity contribution < 1.29 is 46.9 Å². The molecule has 3 aromatic rings. The van der Waals surface area contributed by atoms with Gasteiger partial charge in [-0.05, 0) is 62.8 Å². The zero-order chi connectivity index (χ0) is 37.2. The van der Waals surface area contributed by atoms with E-state index < -0.39 is 60.7 Å². The number of esters is 1. The number of ketones is 1. The van der Waals surface area contributed by atoms with Crippen LogP contribution in [0.5, 0.6) is 11.6 Å². The number of benzene rings is 2. The van der Waals surface area contributed by atoms with Gasteiger partial charge in [0.15, 0.2) is 19.0 Å². The first-order valence-corrected chi connectivity index (χ1v) is 18.2. The number of carbonyl (C=O) groups is 4. The lowest BCUT2D eigenvalue weighted by Crippen LogP contribution is -2.52. The molecule has 1 N–H and O–H groups in total. The number of hydrogen-bond acceptors (Lipinski definition) is 10. The van der Waals surface area contributed by atoms with Crippen molar-refractivity contribution in [3.8, 4) is 22.9 Å². The van der Waals surface area contributed by atoms with E-state index in [0.29, 0.717) is 41.6 Å². The first-order valence-electron chi connectivity index (χ1n) is 18.2. The van der Waals surface area contributed by atoms with E-state index in [1.54, 1.807) is 37.3 Å². The number of hydrogen-bond donors (Lipinski definition) is 1. The van der Waals surface area contributed by atoms with Crippen LogP contribution >= 0.6 is 0 Å². The van der Waals surface area contributed by atoms with E-state index in [-0.39, 0.29) is 55.7 Å². The summed E-state index contributed by atoms with van der Waals surface area (Å²) in [5.41, 5.74) is 0.840. The third-order valence-corrected chi connectivity index (χ3v) is 10.3. The van der Waals surface area contributed by atoms with Gasteiger partial charge >= 0.3 is 18.0 Å². The van der Waals surface area contributed by atoms with Crippen molar-refractivity contribution in [2.75, 3.05) is 26.4 Å². The van der Waals surface area contributed by atoms with E-state index in [9.17, 15) is 28.0 Å². The predicted octanol–water partition coefficient (Wildman–Crippen LogP) is 5.82. The van der Waals surface area contributed by atoms with Gasteiger partial charge in [-0.25, -0.2) is 14.8 Å². The summed E-state index contributed by atoms with van der Waals surface area (Å²) >= 11 is 0. The number of fused-ring (bicyclic) bond motifs is 8. The fourth-order valence-electron chi connectivity index (χ4n) is 7.47. The molecular weight excluding hydrogens is 690 g/mol. The molecule has 5 bridgehead atoms. The number of alkyl carbamates (subject to hydrolysis) is 1. The van der Waals surface area contributed by atoms with Crippen LogP contribution in [0.1, 0.15) is 58.3 Å². The van der Waals surface area contributed by atoms with Crippen LogP contribution in [0.2, 0.25) is 0 Å². The Labute approximate surface area is 305 Å². The van der Waals surface area contributed by atoms with Crippen molar-refractivity contribution >= 4 is 34.8 Å². The van der Waals surface area contributed by atoms with E-state index in [2.05, 4.69) is 5.32 Å². The van der Waals surface area contributed by atoms with E-state index in [0.717, 1.165) is 12.8 Å². The van der Waals surface area contributed by atoms with Crippen LogP contribution in [-0.2, 0) is 23.9 Å². The summed E-state index contributed by atoms with van der Waals surface area (Å²) in [4.78, 5) is 66.0. The molecule has 53 heavy (non-hydrogen) atoms. The molecule has 2 fully saturated rings. The SMILES string of the molecule is CCOC(=O)[C@]12CC(=O)[C@@H]3C[C@@H]4CN3C(=O)[C@H](CCCCC/C=C\[C@H]1C2)NC(=O)OCC(F)(F)COc1cccc(c1)-c1nc2ccccc2nc1O4. The smallest absolute Gasteiger partial charge is 0.408 e. The number of para-hydroxylation sites is 2. The quantitative estimate of drug-likeness (QED) is 0.253. The van der Waals surface area contributed by atoms with Gasteiger partial charge in [-0.1, -0.05) is 49.3 Å². The number of carbonyl (C=O) groups excluding carboxylic acids is 4. The number of Topliss-reactive ketones (excluding diaryl/α,β-unsaturated/α-hetero) is 1. The van der Waals surface area contributed by atoms with Gasteiger partial charge in [0.25, 0.3) is 0 Å². The largest absolute Gasteiger partial charge is 0.487 e. The van der Waals surface area contributed by atoms with Crippen molar-refractivity contribution in [3.63, 3.8) is 0 Å². The minimum Gasteiger partial charge on any atom is -0.487 e. The van der Waals surface area contributed by atoms with E-state index in [1.165, 1.54) is 17.0 Å². The summed E-state index contributed by atoms with van der Waals surface area (Å²) in [6, 6.07) is 11.4. The maximum atomic E-state index is 15.0. The molecule has 4 heterocycles. The minimum absolute atomic E-state index is 0.0482. The number of allylic oxidation sites excluding steroid dienone is 2. The lowest BCUT2D eigenvalue weighted by Gasteiger charge is -2.29. The van der Waals surface area contributed by atoms with E-state index in [1.807, 2.05) is 18.2 Å². The number of cyclic esters (lactones) is 1. The first-order chi connectivity index (χ1) is 25.5. The number of nitrogens with zero attached hydrogens (tertiary/aromatic N) is 3. The fourth-order valence-corrected chi connectivity index (χ4v) is 7.47. The molecule has 7 rings (SSSR count). The number of nitrogens with one attached hydrogen (secondary N) is 1. The Morgan fingerprint density at radius 3 is 2.62 bits per heavy atom. The average Bonchev–Trinajstić information content (AvgIpc) is 3.68. The van der Waals surface area contributed by atoms with Gasteiger partial charge in [-0.3, -0.25) is 14.4 Å². The van der Waals surface area contributed by atoms with Crippen LogP contribution in [0.4, 0.5) is 13.6 Å². The molecule has 2 aromatic carbocycles. The summed E-state index contributed by atoms with van der Waals surface area (Å²) in [5, 5.41) is 2.50. The average molecular weight is 733 g/mol. The van der Waals surface area contributed by atoms with Gasteiger partial charge < -0.3 is 29.2 Å². The number of amides is 2. The highest BCUT2D eigenvalue weighted by Gasteiger charge is 2.61. The monoisotopic (exact) mass is 732 g/mol. The Morgan fingerprint density at radius 1 is 1.02 bits per heavy atom. The highest BCUT2D eigenvalue weighted by atomic mass is 19.3. The molecule has 14 heteroatoms. The van der Waals surface area contributed by atoms with Crippen LogP contribution in [0.15, 0.2) is 60.7 Å². The standard InChI is InChI=1S/C39H42F2N4O8/c1-2-50-36(48)38-19-25(38)12-6-4-3-5-7-16-30-35(47)45-21-27(18-31(45)32(46)20-38)53-34-33(42-28-14-8-9-15-29(28)43-34)24-11-10-13-26(17-24)51-22-39(40,41)23-52-37(49)44-30/h6,8-15,17,25,27,30-31H,2-5,7,16,18-23H2,1H3,(H,44,49)/b12-6-/t25-,27+,30-,31-,38+/m0/s1. The van der Waals surface area contributed by atoms with Gasteiger partial charge in [0.1, 0.15) is 23.6 Å². The van der Waals surface area contributed by atoms with Crippen molar-refractivity contribution in [2.45, 2.75) is 82.4 Å². The molecule has 5 atom stereocenters. The van der Waals surface area contributed by atoms with Crippen molar-refractivity contribution in [1.29, 1.82) is 0 Å². The Hall–Kier alpha value is -5.14. The third kappa shape index (κ3) is 7.96. The Balaban J connectivity index is 1.29. The number of aromatic nitrogens is 2. The van der Waals surface area contributed by atoms with Crippen LogP contribution in [-0.4, -0.2) is 89.1 Å². The van der Waals surface area contributed by atoms with Gasteiger partial charge in [0, 0.05) is 18.4 Å². The minimum atomic E-state index is -3.57. The van der Waals surface area contributed by atoms with Crippen LogP contribution < -0.4 is 14.8 Å². The second-order valence-corrected chi connectivity index (χ2v) is 14.2. The molecule has 280 valence electrons. The molecule has 1 aromatic heterocycles. The third-order valence-electron chi connectivity index (χ3n) is 10.3. The van der Waals surface area contributed by atoms with Crippen molar-refractivity contribution in [3.05, 3.63) is 60.7 Å². The second kappa shape index (κ2) is 15.1. The zero-order valence-corrected chi connectivity index (χ0v) is 29.4. The van der Waals surface area contributed by atoms with Gasteiger partial charge in [-0.2, -0.15) is 8.78 Å². The fraction of sp³-hybridized carbons (Fsp3) is 0.487. The molecule has 1 saturated heterocycles. The van der Waals surface area contributed by atoms with Crippen molar-refractivity contribution in [2.24, 2.45) is 11.3 Å². The lowest BCUT2D eigenvalue weighted by atomic mass is 9.91. The Kier molecular flexibility index (Phi) is 10.3. The number of rotatable bonds is 2. The van der Waals surface area contributed by atoms with E-state index in [4.69, 9.17) is 28.9 Å². The summed E-state index contributed by atoms with van der Waals surface area (Å²) in [6.45, 7) is -0.542. The van der Waals surface area contributed by atoms with Crippen LogP contribution in [0.25, 0.3) is 22.3 Å². The Morgan fingerprint density at radius 2 is 1.81 bits per heavy atom. The molecular formula is C39H42F2N4O8.